The Kier molecular flexibility index (Phi) is 8.18. The number of fused-ring (bicyclic) bond motifs is 1. The summed E-state index contributed by atoms with van der Waals surface area (Å²) in [6.07, 6.45) is 3.42. The number of carbonyl (C=O) groups excluding carboxylic acids is 3. The SMILES string of the molecule is O=C(Nc1ccc(SCC(=O)c2ccc(F)cc2)cc1)/C(=C/c1c[nH]c2ccccc12)NC(=O)c1ccccc1. The predicted octanol–water partition coefficient (Wildman–Crippen LogP) is 6.69. The molecule has 0 radical (unpaired) electrons. The fourth-order valence-corrected chi connectivity index (χ4v) is 4.81. The van der Waals surface area contributed by atoms with Gasteiger partial charge in [-0.05, 0) is 72.8 Å². The van der Waals surface area contributed by atoms with Crippen LogP contribution in [0.15, 0.2) is 120 Å². The standard InChI is InChI=1S/C32H24FN3O3S/c33-24-12-10-21(11-13-24)30(37)20-40-26-16-14-25(15-17-26)35-32(39)29(36-31(38)22-6-2-1-3-7-22)18-23-19-34-28-9-5-4-8-27(23)28/h1-19,34H,20H2,(H,35,39)(H,36,38)/b29-18-. The molecule has 0 atom stereocenters. The highest BCUT2D eigenvalue weighted by molar-refractivity contribution is 8.00. The molecular formula is C32H24FN3O3S. The molecule has 2 amide bonds. The Hall–Kier alpha value is -4.95. The summed E-state index contributed by atoms with van der Waals surface area (Å²) in [5.74, 6) is -1.19. The van der Waals surface area contributed by atoms with Crippen LogP contribution in [-0.2, 0) is 4.79 Å². The first-order valence-electron chi connectivity index (χ1n) is 12.4. The number of ketones is 1. The Balaban J connectivity index is 1.30. The van der Waals surface area contributed by atoms with Gasteiger partial charge < -0.3 is 15.6 Å². The molecule has 0 aliphatic rings. The molecule has 5 rings (SSSR count). The maximum absolute atomic E-state index is 13.3. The van der Waals surface area contributed by atoms with E-state index in [4.69, 9.17) is 0 Å². The summed E-state index contributed by atoms with van der Waals surface area (Å²) >= 11 is 1.34. The summed E-state index contributed by atoms with van der Waals surface area (Å²) in [5.41, 5.74) is 3.15. The normalized spacial score (nSPS) is 11.3. The first-order chi connectivity index (χ1) is 19.5. The van der Waals surface area contributed by atoms with E-state index in [0.29, 0.717) is 16.8 Å². The molecule has 1 heterocycles. The lowest BCUT2D eigenvalue weighted by molar-refractivity contribution is -0.113. The van der Waals surface area contributed by atoms with Crippen molar-refractivity contribution in [2.75, 3.05) is 11.1 Å². The van der Waals surface area contributed by atoms with Gasteiger partial charge in [-0.15, -0.1) is 11.8 Å². The fourth-order valence-electron chi connectivity index (χ4n) is 4.01. The number of aromatic amines is 1. The first kappa shape index (κ1) is 26.6. The van der Waals surface area contributed by atoms with Crippen LogP contribution in [0.1, 0.15) is 26.3 Å². The Morgan fingerprint density at radius 2 is 1.50 bits per heavy atom. The summed E-state index contributed by atoms with van der Waals surface area (Å²) in [5, 5.41) is 6.50. The number of nitrogens with one attached hydrogen (secondary N) is 3. The van der Waals surface area contributed by atoms with Crippen molar-refractivity contribution in [2.45, 2.75) is 4.90 Å². The van der Waals surface area contributed by atoms with E-state index in [9.17, 15) is 18.8 Å². The molecule has 0 bridgehead atoms. The second-order valence-electron chi connectivity index (χ2n) is 8.87. The van der Waals surface area contributed by atoms with Gasteiger partial charge in [-0.2, -0.15) is 0 Å². The van der Waals surface area contributed by atoms with Crippen LogP contribution in [0.4, 0.5) is 10.1 Å². The number of amides is 2. The maximum Gasteiger partial charge on any atom is 0.272 e. The molecule has 0 fully saturated rings. The average Bonchev–Trinajstić information content (AvgIpc) is 3.39. The molecule has 6 nitrogen and oxygen atoms in total. The molecule has 4 aromatic carbocycles. The lowest BCUT2D eigenvalue weighted by Gasteiger charge is -2.12. The zero-order valence-corrected chi connectivity index (χ0v) is 22.0. The summed E-state index contributed by atoms with van der Waals surface area (Å²) in [7, 11) is 0. The minimum Gasteiger partial charge on any atom is -0.361 e. The highest BCUT2D eigenvalue weighted by Crippen LogP contribution is 2.23. The molecule has 40 heavy (non-hydrogen) atoms. The van der Waals surface area contributed by atoms with E-state index in [1.807, 2.05) is 30.3 Å². The van der Waals surface area contributed by atoms with Gasteiger partial charge in [-0.25, -0.2) is 4.39 Å². The van der Waals surface area contributed by atoms with Gasteiger partial charge in [0.25, 0.3) is 11.8 Å². The minimum absolute atomic E-state index is 0.0851. The van der Waals surface area contributed by atoms with Crippen molar-refractivity contribution >= 4 is 52.0 Å². The Morgan fingerprint density at radius 3 is 2.25 bits per heavy atom. The highest BCUT2D eigenvalue weighted by Gasteiger charge is 2.16. The Morgan fingerprint density at radius 1 is 0.800 bits per heavy atom. The number of halogens is 1. The summed E-state index contributed by atoms with van der Waals surface area (Å²) in [6, 6.07) is 28.9. The van der Waals surface area contributed by atoms with Crippen LogP contribution in [-0.4, -0.2) is 28.3 Å². The van der Waals surface area contributed by atoms with Gasteiger partial charge in [0.05, 0.1) is 5.75 Å². The monoisotopic (exact) mass is 549 g/mol. The molecule has 198 valence electrons. The van der Waals surface area contributed by atoms with Crippen molar-refractivity contribution < 1.29 is 18.8 Å². The van der Waals surface area contributed by atoms with E-state index in [0.717, 1.165) is 21.4 Å². The van der Waals surface area contributed by atoms with E-state index in [-0.39, 0.29) is 23.1 Å². The Bertz CT molecular complexity index is 1700. The molecule has 0 saturated carbocycles. The van der Waals surface area contributed by atoms with E-state index in [1.165, 1.54) is 36.0 Å². The van der Waals surface area contributed by atoms with E-state index >= 15 is 0 Å². The van der Waals surface area contributed by atoms with Crippen LogP contribution in [0.5, 0.6) is 0 Å². The van der Waals surface area contributed by atoms with Gasteiger partial charge in [-0.1, -0.05) is 36.4 Å². The third-order valence-corrected chi connectivity index (χ3v) is 7.11. The predicted molar refractivity (Wildman–Crippen MR) is 157 cm³/mol. The first-order valence-corrected chi connectivity index (χ1v) is 13.4. The van der Waals surface area contributed by atoms with Crippen LogP contribution in [0.25, 0.3) is 17.0 Å². The van der Waals surface area contributed by atoms with Crippen molar-refractivity contribution in [3.8, 4) is 0 Å². The lowest BCUT2D eigenvalue weighted by Crippen LogP contribution is -2.30. The van der Waals surface area contributed by atoms with Gasteiger partial charge in [0.15, 0.2) is 5.78 Å². The average molecular weight is 550 g/mol. The quantitative estimate of drug-likeness (QED) is 0.109. The number of thioether (sulfide) groups is 1. The topological polar surface area (TPSA) is 91.1 Å². The van der Waals surface area contributed by atoms with Crippen LogP contribution in [0.3, 0.4) is 0 Å². The number of aromatic nitrogens is 1. The lowest BCUT2D eigenvalue weighted by atomic mass is 10.1. The van der Waals surface area contributed by atoms with Crippen LogP contribution < -0.4 is 10.6 Å². The number of benzene rings is 4. The number of para-hydroxylation sites is 1. The van der Waals surface area contributed by atoms with Gasteiger partial charge in [-0.3, -0.25) is 14.4 Å². The van der Waals surface area contributed by atoms with Crippen molar-refractivity contribution in [1.29, 1.82) is 0 Å². The molecule has 0 spiro atoms. The van der Waals surface area contributed by atoms with E-state index in [1.54, 1.807) is 60.8 Å². The smallest absolute Gasteiger partial charge is 0.272 e. The number of H-pyrrole nitrogens is 1. The van der Waals surface area contributed by atoms with Gasteiger partial charge in [0.2, 0.25) is 0 Å². The van der Waals surface area contributed by atoms with Crippen molar-refractivity contribution in [3.63, 3.8) is 0 Å². The van der Waals surface area contributed by atoms with Crippen LogP contribution >= 0.6 is 11.8 Å². The third kappa shape index (κ3) is 6.54. The zero-order valence-electron chi connectivity index (χ0n) is 21.2. The van der Waals surface area contributed by atoms with Crippen LogP contribution in [0.2, 0.25) is 0 Å². The van der Waals surface area contributed by atoms with Gasteiger partial charge in [0.1, 0.15) is 11.5 Å². The van der Waals surface area contributed by atoms with Crippen LogP contribution in [0, 0.1) is 5.82 Å². The number of carbonyl (C=O) groups is 3. The summed E-state index contributed by atoms with van der Waals surface area (Å²) in [6.45, 7) is 0. The molecule has 3 N–H and O–H groups in total. The third-order valence-electron chi connectivity index (χ3n) is 6.10. The van der Waals surface area contributed by atoms with Crippen molar-refractivity contribution in [1.82, 2.24) is 10.3 Å². The number of hydrogen-bond donors (Lipinski definition) is 3. The molecule has 5 aromatic rings. The molecule has 8 heteroatoms. The second-order valence-corrected chi connectivity index (χ2v) is 9.91. The second kappa shape index (κ2) is 12.3. The number of hydrogen-bond acceptors (Lipinski definition) is 4. The molecule has 0 aliphatic carbocycles. The van der Waals surface area contributed by atoms with Gasteiger partial charge >= 0.3 is 0 Å². The molecule has 1 aromatic heterocycles. The van der Waals surface area contributed by atoms with Gasteiger partial charge in [0, 0.05) is 44.4 Å². The fraction of sp³-hybridized carbons (Fsp3) is 0.0312. The zero-order chi connectivity index (χ0) is 27.9. The molecule has 0 aliphatic heterocycles. The van der Waals surface area contributed by atoms with E-state index < -0.39 is 11.8 Å². The highest BCUT2D eigenvalue weighted by atomic mass is 32.2. The largest absolute Gasteiger partial charge is 0.361 e. The summed E-state index contributed by atoms with van der Waals surface area (Å²) < 4.78 is 13.1. The van der Waals surface area contributed by atoms with Crippen molar-refractivity contribution in [3.05, 3.63) is 138 Å². The number of Topliss-reactive ketones (excluding diaryl/α,β-unsaturated/α-hetero) is 1. The van der Waals surface area contributed by atoms with E-state index in [2.05, 4.69) is 15.6 Å². The summed E-state index contributed by atoms with van der Waals surface area (Å²) in [4.78, 5) is 42.6. The Labute approximate surface area is 234 Å². The maximum atomic E-state index is 13.3. The molecule has 0 saturated heterocycles. The molecular weight excluding hydrogens is 525 g/mol. The number of anilines is 1. The minimum atomic E-state index is -0.485. The van der Waals surface area contributed by atoms with Crippen molar-refractivity contribution in [2.24, 2.45) is 0 Å². The molecule has 0 unspecified atom stereocenters. The number of rotatable bonds is 9.